The summed E-state index contributed by atoms with van der Waals surface area (Å²) in [4.78, 5) is 28.7. The quantitative estimate of drug-likeness (QED) is 0.632. The van der Waals surface area contributed by atoms with Crippen molar-refractivity contribution >= 4 is 28.8 Å². The van der Waals surface area contributed by atoms with Gasteiger partial charge in [0.2, 0.25) is 0 Å². The van der Waals surface area contributed by atoms with Crippen LogP contribution in [0.15, 0.2) is 23.2 Å². The van der Waals surface area contributed by atoms with Crippen LogP contribution in [0.5, 0.6) is 0 Å². The number of nitrogens with zero attached hydrogens (tertiary/aromatic N) is 3. The fourth-order valence-corrected chi connectivity index (χ4v) is 1.93. The number of carboxylic acids is 1. The summed E-state index contributed by atoms with van der Waals surface area (Å²) >= 11 is 1.43. The van der Waals surface area contributed by atoms with Gasteiger partial charge >= 0.3 is 11.7 Å². The van der Waals surface area contributed by atoms with Crippen LogP contribution in [0.4, 0.5) is 11.5 Å². The molecule has 19 heavy (non-hydrogen) atoms. The maximum absolute atomic E-state index is 10.9. The SMILES string of the molecule is O=C(O)c1cc(NCc2cscn2)ncc1[N+](=O)[O-]. The average molecular weight is 280 g/mol. The monoisotopic (exact) mass is 280 g/mol. The zero-order valence-electron chi connectivity index (χ0n) is 9.44. The first-order valence-corrected chi connectivity index (χ1v) is 6.01. The molecule has 0 amide bonds. The van der Waals surface area contributed by atoms with Crippen LogP contribution in [0.2, 0.25) is 0 Å². The molecule has 9 heteroatoms. The van der Waals surface area contributed by atoms with E-state index < -0.39 is 22.1 Å². The Balaban J connectivity index is 2.20. The number of nitrogens with one attached hydrogen (secondary N) is 1. The van der Waals surface area contributed by atoms with Gasteiger partial charge in [-0.2, -0.15) is 0 Å². The van der Waals surface area contributed by atoms with Crippen molar-refractivity contribution < 1.29 is 14.8 Å². The van der Waals surface area contributed by atoms with Crippen LogP contribution in [0.1, 0.15) is 16.1 Å². The number of rotatable bonds is 5. The summed E-state index contributed by atoms with van der Waals surface area (Å²) in [5.41, 5.74) is 1.51. The Labute approximate surface area is 110 Å². The van der Waals surface area contributed by atoms with Gasteiger partial charge < -0.3 is 10.4 Å². The molecule has 0 bridgehead atoms. The minimum Gasteiger partial charge on any atom is -0.477 e. The lowest BCUT2D eigenvalue weighted by atomic mass is 10.2. The number of aromatic carboxylic acids is 1. The van der Waals surface area contributed by atoms with Gasteiger partial charge in [-0.15, -0.1) is 11.3 Å². The lowest BCUT2D eigenvalue weighted by Crippen LogP contribution is -2.07. The highest BCUT2D eigenvalue weighted by molar-refractivity contribution is 7.07. The van der Waals surface area contributed by atoms with Gasteiger partial charge in [0.05, 0.1) is 22.7 Å². The van der Waals surface area contributed by atoms with Crippen LogP contribution in [-0.2, 0) is 6.54 Å². The molecule has 2 N–H and O–H groups in total. The van der Waals surface area contributed by atoms with Crippen molar-refractivity contribution in [2.24, 2.45) is 0 Å². The summed E-state index contributed by atoms with van der Waals surface area (Å²) in [6, 6.07) is 1.13. The summed E-state index contributed by atoms with van der Waals surface area (Å²) < 4.78 is 0. The highest BCUT2D eigenvalue weighted by Crippen LogP contribution is 2.20. The molecule has 2 rings (SSSR count). The standard InChI is InChI=1S/C10H8N4O4S/c15-10(16)7-1-9(12-3-8(7)14(17)18)11-2-6-4-19-5-13-6/h1,3-5H,2H2,(H,11,12)(H,15,16). The Hall–Kier alpha value is -2.55. The Morgan fingerprint density at radius 3 is 2.89 bits per heavy atom. The molecule has 0 aliphatic carbocycles. The molecule has 8 nitrogen and oxygen atoms in total. The molecule has 0 saturated carbocycles. The van der Waals surface area contributed by atoms with Gasteiger partial charge in [-0.3, -0.25) is 10.1 Å². The van der Waals surface area contributed by atoms with E-state index in [1.54, 1.807) is 5.51 Å². The molecule has 0 aliphatic rings. The second-order valence-electron chi connectivity index (χ2n) is 3.48. The lowest BCUT2D eigenvalue weighted by molar-refractivity contribution is -0.385. The van der Waals surface area contributed by atoms with Crippen LogP contribution in [0.3, 0.4) is 0 Å². The Morgan fingerprint density at radius 1 is 1.53 bits per heavy atom. The zero-order valence-corrected chi connectivity index (χ0v) is 10.3. The molecule has 0 spiro atoms. The van der Waals surface area contributed by atoms with Crippen molar-refractivity contribution in [1.82, 2.24) is 9.97 Å². The smallest absolute Gasteiger partial charge is 0.342 e. The van der Waals surface area contributed by atoms with Crippen LogP contribution in [-0.4, -0.2) is 26.0 Å². The molecule has 0 saturated heterocycles. The molecule has 2 heterocycles. The Kier molecular flexibility index (Phi) is 3.66. The lowest BCUT2D eigenvalue weighted by Gasteiger charge is -2.04. The van der Waals surface area contributed by atoms with E-state index in [0.29, 0.717) is 6.54 Å². The summed E-state index contributed by atoms with van der Waals surface area (Å²) in [6.07, 6.45) is 0.923. The van der Waals surface area contributed by atoms with Crippen LogP contribution < -0.4 is 5.32 Å². The highest BCUT2D eigenvalue weighted by Gasteiger charge is 2.20. The number of nitro groups is 1. The number of thiazole rings is 1. The van der Waals surface area contributed by atoms with Crippen LogP contribution in [0.25, 0.3) is 0 Å². The average Bonchev–Trinajstić information content (AvgIpc) is 2.88. The first-order valence-electron chi connectivity index (χ1n) is 5.06. The summed E-state index contributed by atoms with van der Waals surface area (Å²) in [7, 11) is 0. The predicted molar refractivity (Wildman–Crippen MR) is 67.3 cm³/mol. The number of aromatic nitrogens is 2. The molecular weight excluding hydrogens is 272 g/mol. The second-order valence-corrected chi connectivity index (χ2v) is 4.20. The fraction of sp³-hybridized carbons (Fsp3) is 0.100. The first kappa shape index (κ1) is 12.9. The first-order chi connectivity index (χ1) is 9.08. The molecule has 0 atom stereocenters. The largest absolute Gasteiger partial charge is 0.477 e. The highest BCUT2D eigenvalue weighted by atomic mass is 32.1. The van der Waals surface area contributed by atoms with Crippen molar-refractivity contribution in [2.75, 3.05) is 5.32 Å². The van der Waals surface area contributed by atoms with Crippen molar-refractivity contribution in [3.8, 4) is 0 Å². The minimum absolute atomic E-state index is 0.246. The summed E-state index contributed by atoms with van der Waals surface area (Å²) in [5.74, 6) is -1.12. The molecular formula is C10H8N4O4S. The topological polar surface area (TPSA) is 118 Å². The van der Waals surface area contributed by atoms with E-state index in [0.717, 1.165) is 18.0 Å². The van der Waals surface area contributed by atoms with E-state index in [9.17, 15) is 14.9 Å². The van der Waals surface area contributed by atoms with Crippen LogP contribution >= 0.6 is 11.3 Å². The molecule has 0 unspecified atom stereocenters. The number of pyridine rings is 1. The van der Waals surface area contributed by atoms with E-state index in [-0.39, 0.29) is 5.82 Å². The maximum Gasteiger partial charge on any atom is 0.342 e. The van der Waals surface area contributed by atoms with E-state index in [1.165, 1.54) is 11.3 Å². The third kappa shape index (κ3) is 3.01. The molecule has 0 aromatic carbocycles. The van der Waals surface area contributed by atoms with Gasteiger partial charge in [0.15, 0.2) is 0 Å². The van der Waals surface area contributed by atoms with Gasteiger partial charge in [0, 0.05) is 11.4 Å². The maximum atomic E-state index is 10.9. The molecule has 2 aromatic heterocycles. The molecule has 0 aliphatic heterocycles. The molecule has 98 valence electrons. The van der Waals surface area contributed by atoms with Gasteiger partial charge in [-0.05, 0) is 0 Å². The van der Waals surface area contributed by atoms with E-state index in [2.05, 4.69) is 15.3 Å². The molecule has 0 fully saturated rings. The zero-order chi connectivity index (χ0) is 13.8. The van der Waals surface area contributed by atoms with Crippen molar-refractivity contribution in [2.45, 2.75) is 6.54 Å². The van der Waals surface area contributed by atoms with Crippen molar-refractivity contribution in [3.05, 3.63) is 44.5 Å². The molecule has 0 radical (unpaired) electrons. The van der Waals surface area contributed by atoms with Gasteiger partial charge in [0.1, 0.15) is 17.6 Å². The van der Waals surface area contributed by atoms with Gasteiger partial charge in [0.25, 0.3) is 0 Å². The summed E-state index contributed by atoms with van der Waals surface area (Å²) in [6.45, 7) is 0.368. The number of hydrogen-bond donors (Lipinski definition) is 2. The number of anilines is 1. The third-order valence-corrected chi connectivity index (χ3v) is 2.88. The van der Waals surface area contributed by atoms with Crippen molar-refractivity contribution in [3.63, 3.8) is 0 Å². The summed E-state index contributed by atoms with van der Waals surface area (Å²) in [5, 5.41) is 24.3. The third-order valence-electron chi connectivity index (χ3n) is 2.24. The number of carbonyl (C=O) groups is 1. The van der Waals surface area contributed by atoms with Gasteiger partial charge in [-0.25, -0.2) is 14.8 Å². The molecule has 2 aromatic rings. The number of hydrogen-bond acceptors (Lipinski definition) is 7. The Bertz CT molecular complexity index is 614. The van der Waals surface area contributed by atoms with Crippen molar-refractivity contribution in [1.29, 1.82) is 0 Å². The van der Waals surface area contributed by atoms with E-state index >= 15 is 0 Å². The fourth-order valence-electron chi connectivity index (χ4n) is 1.37. The second kappa shape index (κ2) is 5.40. The number of carboxylic acid groups (broad SMARTS) is 1. The van der Waals surface area contributed by atoms with Gasteiger partial charge in [-0.1, -0.05) is 0 Å². The Morgan fingerprint density at radius 2 is 2.32 bits per heavy atom. The van der Waals surface area contributed by atoms with Crippen LogP contribution in [0, 0.1) is 10.1 Å². The predicted octanol–water partition coefficient (Wildman–Crippen LogP) is 1.76. The minimum atomic E-state index is -1.37. The van der Waals surface area contributed by atoms with E-state index in [4.69, 9.17) is 5.11 Å². The van der Waals surface area contributed by atoms with E-state index in [1.807, 2.05) is 5.38 Å². The normalized spacial score (nSPS) is 10.1.